The molecule has 0 aliphatic heterocycles. The lowest BCUT2D eigenvalue weighted by atomic mass is 10.1. The standard InChI is InChI=1S/C25H38N2O9/c1-7-32-21(28)15-27(16-22(29)33-8-2)19-11-10-18(12-13-26-24(31)36-25(4,5)6)14-20(19)35-17-23(30)34-9-3/h10-11,14H,7-9,12-13,15-17H2,1-6H3,(H,26,31). The molecule has 0 aliphatic rings. The molecular formula is C25H38N2O9. The molecule has 0 spiro atoms. The molecule has 0 aliphatic carbocycles. The Bertz CT molecular complexity index is 861. The lowest BCUT2D eigenvalue weighted by Crippen LogP contribution is -2.36. The molecular weight excluding hydrogens is 472 g/mol. The molecule has 36 heavy (non-hydrogen) atoms. The summed E-state index contributed by atoms with van der Waals surface area (Å²) in [5.41, 5.74) is 0.561. The van der Waals surface area contributed by atoms with E-state index in [1.165, 1.54) is 4.90 Å². The van der Waals surface area contributed by atoms with Crippen LogP contribution in [0.25, 0.3) is 0 Å². The van der Waals surface area contributed by atoms with E-state index in [2.05, 4.69) is 5.32 Å². The lowest BCUT2D eigenvalue weighted by Gasteiger charge is -2.25. The maximum absolute atomic E-state index is 12.2. The Morgan fingerprint density at radius 2 is 1.42 bits per heavy atom. The molecule has 0 fully saturated rings. The molecule has 1 aromatic rings. The van der Waals surface area contributed by atoms with Gasteiger partial charge in [0.1, 0.15) is 24.4 Å². The van der Waals surface area contributed by atoms with E-state index in [-0.39, 0.29) is 45.3 Å². The second kappa shape index (κ2) is 15.5. The third-order valence-corrected chi connectivity index (χ3v) is 4.35. The van der Waals surface area contributed by atoms with Crippen LogP contribution in [0.4, 0.5) is 10.5 Å². The van der Waals surface area contributed by atoms with Crippen LogP contribution in [0.2, 0.25) is 0 Å². The first kappa shape index (κ1) is 30.5. The van der Waals surface area contributed by atoms with Gasteiger partial charge in [-0.15, -0.1) is 0 Å². The number of esters is 3. The molecule has 1 N–H and O–H groups in total. The van der Waals surface area contributed by atoms with Gasteiger partial charge in [-0.2, -0.15) is 0 Å². The number of hydrogen-bond acceptors (Lipinski definition) is 10. The van der Waals surface area contributed by atoms with E-state index >= 15 is 0 Å². The smallest absolute Gasteiger partial charge is 0.407 e. The van der Waals surface area contributed by atoms with Gasteiger partial charge in [0, 0.05) is 6.54 Å². The molecule has 0 saturated heterocycles. The zero-order valence-electron chi connectivity index (χ0n) is 22.0. The summed E-state index contributed by atoms with van der Waals surface area (Å²) in [5, 5.41) is 2.68. The Labute approximate surface area is 212 Å². The van der Waals surface area contributed by atoms with Gasteiger partial charge >= 0.3 is 24.0 Å². The first-order valence-corrected chi connectivity index (χ1v) is 11.9. The monoisotopic (exact) mass is 510 g/mol. The van der Waals surface area contributed by atoms with Gasteiger partial charge in [0.25, 0.3) is 0 Å². The zero-order valence-corrected chi connectivity index (χ0v) is 22.0. The van der Waals surface area contributed by atoms with Crippen molar-refractivity contribution in [2.45, 2.75) is 53.6 Å². The van der Waals surface area contributed by atoms with Crippen molar-refractivity contribution in [1.29, 1.82) is 0 Å². The number of carbonyl (C=O) groups excluding carboxylic acids is 4. The van der Waals surface area contributed by atoms with Crippen LogP contribution in [0.15, 0.2) is 18.2 Å². The third-order valence-electron chi connectivity index (χ3n) is 4.35. The molecule has 11 heteroatoms. The molecule has 0 atom stereocenters. The first-order valence-electron chi connectivity index (χ1n) is 11.9. The van der Waals surface area contributed by atoms with Crippen LogP contribution in [-0.4, -0.2) is 75.7 Å². The molecule has 202 valence electrons. The topological polar surface area (TPSA) is 130 Å². The van der Waals surface area contributed by atoms with Crippen LogP contribution < -0.4 is 15.0 Å². The van der Waals surface area contributed by atoms with E-state index in [9.17, 15) is 19.2 Å². The van der Waals surface area contributed by atoms with Gasteiger partial charge in [-0.05, 0) is 65.7 Å². The number of nitrogens with zero attached hydrogens (tertiary/aromatic N) is 1. The number of hydrogen-bond donors (Lipinski definition) is 1. The summed E-state index contributed by atoms with van der Waals surface area (Å²) in [6.07, 6.45) is -0.0987. The van der Waals surface area contributed by atoms with Crippen LogP contribution >= 0.6 is 0 Å². The molecule has 1 aromatic carbocycles. The second-order valence-electron chi connectivity index (χ2n) is 8.54. The Balaban J connectivity index is 3.15. The number of benzene rings is 1. The van der Waals surface area contributed by atoms with Crippen molar-refractivity contribution in [2.24, 2.45) is 0 Å². The quantitative estimate of drug-likeness (QED) is 0.294. The number of alkyl carbamates (subject to hydrolysis) is 1. The number of rotatable bonds is 14. The summed E-state index contributed by atoms with van der Waals surface area (Å²) in [5.74, 6) is -1.39. The molecule has 0 saturated carbocycles. The van der Waals surface area contributed by atoms with Gasteiger partial charge < -0.3 is 33.9 Å². The van der Waals surface area contributed by atoms with Crippen molar-refractivity contribution in [1.82, 2.24) is 5.32 Å². The van der Waals surface area contributed by atoms with Crippen molar-refractivity contribution in [3.05, 3.63) is 23.8 Å². The summed E-state index contributed by atoms with van der Waals surface area (Å²) in [7, 11) is 0. The fourth-order valence-corrected chi connectivity index (χ4v) is 3.00. The fraction of sp³-hybridized carbons (Fsp3) is 0.600. The van der Waals surface area contributed by atoms with Crippen molar-refractivity contribution < 1.29 is 42.9 Å². The van der Waals surface area contributed by atoms with Crippen molar-refractivity contribution in [3.63, 3.8) is 0 Å². The maximum Gasteiger partial charge on any atom is 0.407 e. The van der Waals surface area contributed by atoms with E-state index in [0.717, 1.165) is 5.56 Å². The minimum Gasteiger partial charge on any atom is -0.480 e. The van der Waals surface area contributed by atoms with Gasteiger partial charge in [-0.25, -0.2) is 9.59 Å². The molecule has 1 rings (SSSR count). The summed E-state index contributed by atoms with van der Waals surface area (Å²) >= 11 is 0. The fourth-order valence-electron chi connectivity index (χ4n) is 3.00. The molecule has 0 heterocycles. The predicted octanol–water partition coefficient (Wildman–Crippen LogP) is 2.63. The molecule has 11 nitrogen and oxygen atoms in total. The normalized spacial score (nSPS) is 10.7. The first-order chi connectivity index (χ1) is 17.0. The highest BCUT2D eigenvalue weighted by molar-refractivity contribution is 5.83. The average molecular weight is 511 g/mol. The van der Waals surface area contributed by atoms with Gasteiger partial charge in [-0.3, -0.25) is 9.59 Å². The number of carbonyl (C=O) groups is 4. The lowest BCUT2D eigenvalue weighted by molar-refractivity contribution is -0.146. The molecule has 0 radical (unpaired) electrons. The van der Waals surface area contributed by atoms with E-state index in [1.54, 1.807) is 59.7 Å². The van der Waals surface area contributed by atoms with E-state index in [4.69, 9.17) is 23.7 Å². The van der Waals surface area contributed by atoms with E-state index < -0.39 is 29.6 Å². The summed E-state index contributed by atoms with van der Waals surface area (Å²) in [6.45, 7) is 10.4. The van der Waals surface area contributed by atoms with Crippen LogP contribution in [0.1, 0.15) is 47.1 Å². The Kier molecular flexibility index (Phi) is 13.1. The van der Waals surface area contributed by atoms with Crippen molar-refractivity contribution in [2.75, 3.05) is 51.0 Å². The van der Waals surface area contributed by atoms with Gasteiger partial charge in [0.05, 0.1) is 25.5 Å². The largest absolute Gasteiger partial charge is 0.480 e. The van der Waals surface area contributed by atoms with Crippen LogP contribution in [-0.2, 0) is 39.8 Å². The van der Waals surface area contributed by atoms with Crippen LogP contribution in [0, 0.1) is 0 Å². The maximum atomic E-state index is 12.2. The summed E-state index contributed by atoms with van der Waals surface area (Å²) < 4.78 is 26.0. The van der Waals surface area contributed by atoms with Crippen molar-refractivity contribution in [3.8, 4) is 5.75 Å². The Hall–Kier alpha value is -3.50. The SMILES string of the molecule is CCOC(=O)COc1cc(CCNC(=O)OC(C)(C)C)ccc1N(CC(=O)OCC)CC(=O)OCC. The van der Waals surface area contributed by atoms with Crippen LogP contribution in [0.5, 0.6) is 5.75 Å². The molecule has 0 unspecified atom stereocenters. The number of nitrogens with one attached hydrogen (secondary N) is 1. The molecule has 0 bridgehead atoms. The number of amides is 1. The highest BCUT2D eigenvalue weighted by Crippen LogP contribution is 2.30. The minimum absolute atomic E-state index is 0.182. The van der Waals surface area contributed by atoms with Gasteiger partial charge in [0.2, 0.25) is 0 Å². The molecule has 1 amide bonds. The Morgan fingerprint density at radius 3 is 1.94 bits per heavy atom. The minimum atomic E-state index is -0.610. The predicted molar refractivity (Wildman–Crippen MR) is 132 cm³/mol. The van der Waals surface area contributed by atoms with Crippen molar-refractivity contribution >= 4 is 29.7 Å². The number of anilines is 1. The summed E-state index contributed by atoms with van der Waals surface area (Å²) in [6, 6.07) is 5.11. The van der Waals surface area contributed by atoms with Crippen LogP contribution in [0.3, 0.4) is 0 Å². The van der Waals surface area contributed by atoms with E-state index in [1.807, 2.05) is 0 Å². The highest BCUT2D eigenvalue weighted by atomic mass is 16.6. The summed E-state index contributed by atoms with van der Waals surface area (Å²) in [4.78, 5) is 49.7. The van der Waals surface area contributed by atoms with Gasteiger partial charge in [-0.1, -0.05) is 6.07 Å². The third kappa shape index (κ3) is 12.3. The highest BCUT2D eigenvalue weighted by Gasteiger charge is 2.22. The Morgan fingerprint density at radius 1 is 0.861 bits per heavy atom. The molecule has 0 aromatic heterocycles. The van der Waals surface area contributed by atoms with Gasteiger partial charge in [0.15, 0.2) is 6.61 Å². The average Bonchev–Trinajstić information content (AvgIpc) is 2.76. The second-order valence-corrected chi connectivity index (χ2v) is 8.54. The zero-order chi connectivity index (χ0) is 27.1. The van der Waals surface area contributed by atoms with E-state index in [0.29, 0.717) is 18.7 Å². The number of ether oxygens (including phenoxy) is 5.